The van der Waals surface area contributed by atoms with Crippen molar-refractivity contribution in [2.45, 2.75) is 39.0 Å². The van der Waals surface area contributed by atoms with Crippen LogP contribution >= 0.6 is 11.6 Å². The van der Waals surface area contributed by atoms with Gasteiger partial charge in [-0.1, -0.05) is 37.1 Å². The zero-order valence-electron chi connectivity index (χ0n) is 10.3. The second-order valence-corrected chi connectivity index (χ2v) is 5.49. The fourth-order valence-electron chi connectivity index (χ4n) is 2.69. The van der Waals surface area contributed by atoms with Crippen LogP contribution in [0.2, 0.25) is 5.02 Å². The predicted octanol–water partition coefficient (Wildman–Crippen LogP) is 4.28. The second kappa shape index (κ2) is 5.68. The molecule has 1 aromatic rings. The highest BCUT2D eigenvalue weighted by molar-refractivity contribution is 6.30. The zero-order valence-corrected chi connectivity index (χ0v) is 11.0. The maximum absolute atomic E-state index is 12.1. The Morgan fingerprint density at radius 1 is 1.29 bits per heavy atom. The third-order valence-electron chi connectivity index (χ3n) is 3.87. The van der Waals surface area contributed by atoms with Crippen molar-refractivity contribution in [2.24, 2.45) is 11.8 Å². The van der Waals surface area contributed by atoms with Gasteiger partial charge in [-0.15, -0.1) is 0 Å². The van der Waals surface area contributed by atoms with Crippen LogP contribution in [0.15, 0.2) is 24.3 Å². The Morgan fingerprint density at radius 2 is 2.00 bits per heavy atom. The first kappa shape index (κ1) is 12.6. The molecule has 1 nitrogen and oxygen atoms in total. The molecule has 1 aromatic carbocycles. The molecule has 0 N–H and O–H groups in total. The van der Waals surface area contributed by atoms with Crippen molar-refractivity contribution in [1.82, 2.24) is 0 Å². The first-order valence-electron chi connectivity index (χ1n) is 6.46. The van der Waals surface area contributed by atoms with E-state index in [2.05, 4.69) is 6.92 Å². The summed E-state index contributed by atoms with van der Waals surface area (Å²) < 4.78 is 0. The maximum atomic E-state index is 12.1. The molecule has 92 valence electrons. The molecule has 1 fully saturated rings. The fourth-order valence-corrected chi connectivity index (χ4v) is 2.81. The van der Waals surface area contributed by atoms with Crippen LogP contribution in [0.3, 0.4) is 0 Å². The van der Waals surface area contributed by atoms with Crippen LogP contribution in [0, 0.1) is 11.8 Å². The highest BCUT2D eigenvalue weighted by Gasteiger charge is 2.28. The van der Waals surface area contributed by atoms with Crippen molar-refractivity contribution in [3.8, 4) is 0 Å². The molecule has 17 heavy (non-hydrogen) atoms. The van der Waals surface area contributed by atoms with E-state index in [1.54, 1.807) is 0 Å². The van der Waals surface area contributed by atoms with Crippen molar-refractivity contribution in [3.05, 3.63) is 34.9 Å². The number of carbonyl (C=O) groups excluding carboxylic acids is 1. The molecule has 0 radical (unpaired) electrons. The number of carbonyl (C=O) groups is 1. The lowest BCUT2D eigenvalue weighted by Crippen LogP contribution is -2.14. The molecule has 0 aliphatic heterocycles. The molecule has 0 heterocycles. The molecule has 2 heteroatoms. The van der Waals surface area contributed by atoms with Gasteiger partial charge in [0.25, 0.3) is 0 Å². The first-order valence-corrected chi connectivity index (χ1v) is 6.84. The van der Waals surface area contributed by atoms with Gasteiger partial charge >= 0.3 is 0 Å². The van der Waals surface area contributed by atoms with E-state index < -0.39 is 0 Å². The molecule has 0 spiro atoms. The molecule has 0 aromatic heterocycles. The van der Waals surface area contributed by atoms with Gasteiger partial charge in [0.1, 0.15) is 5.78 Å². The third-order valence-corrected chi connectivity index (χ3v) is 4.12. The lowest BCUT2D eigenvalue weighted by molar-refractivity contribution is -0.122. The molecule has 1 saturated carbocycles. The minimum atomic E-state index is 0.302. The number of benzene rings is 1. The number of rotatable bonds is 4. The van der Waals surface area contributed by atoms with Crippen molar-refractivity contribution in [2.75, 3.05) is 0 Å². The average Bonchev–Trinajstić information content (AvgIpc) is 2.81. The highest BCUT2D eigenvalue weighted by atomic mass is 35.5. The molecule has 0 bridgehead atoms. The minimum Gasteiger partial charge on any atom is -0.299 e. The summed E-state index contributed by atoms with van der Waals surface area (Å²) in [6.45, 7) is 2.22. The van der Waals surface area contributed by atoms with Gasteiger partial charge < -0.3 is 0 Å². The molecular weight excluding hydrogens is 232 g/mol. The summed E-state index contributed by atoms with van der Waals surface area (Å²) >= 11 is 5.83. The van der Waals surface area contributed by atoms with Crippen molar-refractivity contribution < 1.29 is 4.79 Å². The van der Waals surface area contributed by atoms with E-state index in [4.69, 9.17) is 11.6 Å². The van der Waals surface area contributed by atoms with Crippen LogP contribution in [0.1, 0.15) is 38.2 Å². The number of ketones is 1. The molecule has 1 aliphatic rings. The Morgan fingerprint density at radius 3 is 2.59 bits per heavy atom. The number of Topliss-reactive ketones (excluding diaryl/α,β-unsaturated/α-hetero) is 1. The average molecular weight is 251 g/mol. The summed E-state index contributed by atoms with van der Waals surface area (Å²) in [6.07, 6.45) is 5.20. The van der Waals surface area contributed by atoms with E-state index in [-0.39, 0.29) is 0 Å². The summed E-state index contributed by atoms with van der Waals surface area (Å²) in [5.74, 6) is 1.48. The lowest BCUT2D eigenvalue weighted by atomic mass is 9.95. The molecule has 0 saturated heterocycles. The van der Waals surface area contributed by atoms with Crippen LogP contribution < -0.4 is 0 Å². The maximum Gasteiger partial charge on any atom is 0.140 e. The van der Waals surface area contributed by atoms with E-state index in [1.165, 1.54) is 12.8 Å². The van der Waals surface area contributed by atoms with Crippen LogP contribution in [0.5, 0.6) is 0 Å². The summed E-state index contributed by atoms with van der Waals surface area (Å²) in [7, 11) is 0. The standard InChI is InChI=1S/C15H19ClO/c1-2-11-3-6-13(9-11)15(17)10-12-4-7-14(16)8-5-12/h4-5,7-8,11,13H,2-3,6,9-10H2,1H3. The van der Waals surface area contributed by atoms with Gasteiger partial charge in [0.2, 0.25) is 0 Å². The number of hydrogen-bond acceptors (Lipinski definition) is 1. The zero-order chi connectivity index (χ0) is 12.3. The monoisotopic (exact) mass is 250 g/mol. The Kier molecular flexibility index (Phi) is 4.22. The molecule has 2 rings (SSSR count). The van der Waals surface area contributed by atoms with Crippen molar-refractivity contribution in [3.63, 3.8) is 0 Å². The third kappa shape index (κ3) is 3.32. The fraction of sp³-hybridized carbons (Fsp3) is 0.533. The van der Waals surface area contributed by atoms with E-state index in [0.717, 1.165) is 29.3 Å². The first-order chi connectivity index (χ1) is 8.19. The smallest absolute Gasteiger partial charge is 0.140 e. The second-order valence-electron chi connectivity index (χ2n) is 5.05. The van der Waals surface area contributed by atoms with Crippen LogP contribution in [0.25, 0.3) is 0 Å². The van der Waals surface area contributed by atoms with E-state index in [9.17, 15) is 4.79 Å². The summed E-state index contributed by atoms with van der Waals surface area (Å²) in [5, 5.41) is 0.730. The normalized spacial score (nSPS) is 23.9. The van der Waals surface area contributed by atoms with Gasteiger partial charge in [-0.05, 0) is 42.9 Å². The predicted molar refractivity (Wildman–Crippen MR) is 71.3 cm³/mol. The van der Waals surface area contributed by atoms with Gasteiger partial charge in [0.05, 0.1) is 0 Å². The van der Waals surface area contributed by atoms with Crippen LogP contribution in [-0.2, 0) is 11.2 Å². The largest absolute Gasteiger partial charge is 0.299 e. The SMILES string of the molecule is CCC1CCC(C(=O)Cc2ccc(Cl)cc2)C1. The quantitative estimate of drug-likeness (QED) is 0.780. The van der Waals surface area contributed by atoms with Crippen molar-refractivity contribution in [1.29, 1.82) is 0 Å². The summed E-state index contributed by atoms with van der Waals surface area (Å²) in [4.78, 5) is 12.1. The Labute approximate surface area is 108 Å². The number of halogens is 1. The Bertz CT molecular complexity index is 382. The van der Waals surface area contributed by atoms with Gasteiger partial charge in [-0.2, -0.15) is 0 Å². The van der Waals surface area contributed by atoms with E-state index in [1.807, 2.05) is 24.3 Å². The van der Waals surface area contributed by atoms with Gasteiger partial charge in [-0.25, -0.2) is 0 Å². The minimum absolute atomic E-state index is 0.302. The molecule has 2 unspecified atom stereocenters. The van der Waals surface area contributed by atoms with E-state index in [0.29, 0.717) is 18.1 Å². The topological polar surface area (TPSA) is 17.1 Å². The van der Waals surface area contributed by atoms with Crippen LogP contribution in [0.4, 0.5) is 0 Å². The van der Waals surface area contributed by atoms with Crippen LogP contribution in [-0.4, -0.2) is 5.78 Å². The Balaban J connectivity index is 1.91. The summed E-state index contributed by atoms with van der Waals surface area (Å²) in [6, 6.07) is 7.61. The van der Waals surface area contributed by atoms with E-state index >= 15 is 0 Å². The van der Waals surface area contributed by atoms with Gasteiger partial charge in [0, 0.05) is 17.4 Å². The number of hydrogen-bond donors (Lipinski definition) is 0. The van der Waals surface area contributed by atoms with Gasteiger partial charge in [0.15, 0.2) is 0 Å². The summed E-state index contributed by atoms with van der Waals surface area (Å²) in [5.41, 5.74) is 1.08. The highest BCUT2D eigenvalue weighted by Crippen LogP contribution is 2.34. The molecular formula is C15H19ClO. The molecule has 2 atom stereocenters. The molecule has 1 aliphatic carbocycles. The van der Waals surface area contributed by atoms with Gasteiger partial charge in [-0.3, -0.25) is 4.79 Å². The molecule has 0 amide bonds. The van der Waals surface area contributed by atoms with Crippen molar-refractivity contribution >= 4 is 17.4 Å². The lowest BCUT2D eigenvalue weighted by Gasteiger charge is -2.09. The Hall–Kier alpha value is -0.820.